The molecule has 0 aromatic heterocycles. The molecular formula is C26H30N2O5. The largest absolute Gasteiger partial charge is 0.481 e. The van der Waals surface area contributed by atoms with E-state index >= 15 is 0 Å². The maximum Gasteiger partial charge on any atom is 0.408 e. The second-order valence-electron chi connectivity index (χ2n) is 9.58. The molecule has 7 nitrogen and oxygen atoms in total. The Bertz CT molecular complexity index is 1030. The molecule has 0 radical (unpaired) electrons. The van der Waals surface area contributed by atoms with E-state index in [1.165, 1.54) is 0 Å². The van der Waals surface area contributed by atoms with Crippen LogP contribution in [0.3, 0.4) is 0 Å². The number of aliphatic carboxylic acids is 1. The van der Waals surface area contributed by atoms with E-state index in [0.717, 1.165) is 28.7 Å². The minimum Gasteiger partial charge on any atom is -0.481 e. The van der Waals surface area contributed by atoms with Crippen molar-refractivity contribution in [3.8, 4) is 11.1 Å². The number of benzene rings is 2. The fourth-order valence-electron chi connectivity index (χ4n) is 4.53. The second-order valence-corrected chi connectivity index (χ2v) is 9.58. The van der Waals surface area contributed by atoms with Crippen molar-refractivity contribution in [2.45, 2.75) is 51.0 Å². The molecule has 3 N–H and O–H groups in total. The number of carboxylic acid groups (broad SMARTS) is 1. The van der Waals surface area contributed by atoms with Gasteiger partial charge in [0.1, 0.15) is 12.1 Å². The lowest BCUT2D eigenvalue weighted by Crippen LogP contribution is -2.63. The normalized spacial score (nSPS) is 16.2. The van der Waals surface area contributed by atoms with Gasteiger partial charge in [0, 0.05) is 12.5 Å². The van der Waals surface area contributed by atoms with Gasteiger partial charge < -0.3 is 20.5 Å². The van der Waals surface area contributed by atoms with Gasteiger partial charge in [0.2, 0.25) is 5.91 Å². The summed E-state index contributed by atoms with van der Waals surface area (Å²) in [5.41, 5.74) is 2.64. The Morgan fingerprint density at radius 1 is 1.03 bits per heavy atom. The lowest BCUT2D eigenvalue weighted by Gasteiger charge is -2.40. The smallest absolute Gasteiger partial charge is 0.408 e. The number of amides is 2. The lowest BCUT2D eigenvalue weighted by atomic mass is 9.76. The van der Waals surface area contributed by atoms with Crippen molar-refractivity contribution in [3.05, 3.63) is 59.7 Å². The van der Waals surface area contributed by atoms with Gasteiger partial charge in [-0.05, 0) is 61.8 Å². The summed E-state index contributed by atoms with van der Waals surface area (Å²) in [6, 6.07) is 16.2. The molecule has 4 rings (SSSR count). The van der Waals surface area contributed by atoms with Crippen LogP contribution in [0.25, 0.3) is 11.1 Å². The van der Waals surface area contributed by atoms with Crippen LogP contribution in [0.4, 0.5) is 4.79 Å². The molecule has 0 atom stereocenters. The van der Waals surface area contributed by atoms with Crippen molar-refractivity contribution in [1.82, 2.24) is 10.6 Å². The van der Waals surface area contributed by atoms with Gasteiger partial charge in [0.25, 0.3) is 0 Å². The zero-order valence-corrected chi connectivity index (χ0v) is 19.0. The van der Waals surface area contributed by atoms with Crippen molar-refractivity contribution in [1.29, 1.82) is 0 Å². The lowest BCUT2D eigenvalue weighted by molar-refractivity contribution is -0.147. The number of carbonyl (C=O) groups excluding carboxylic acids is 2. The summed E-state index contributed by atoms with van der Waals surface area (Å²) in [6.45, 7) is 3.65. The summed E-state index contributed by atoms with van der Waals surface area (Å²) in [6.07, 6.45) is 1.58. The minimum atomic E-state index is -0.990. The first-order valence-electron chi connectivity index (χ1n) is 11.4. The molecule has 174 valence electrons. The van der Waals surface area contributed by atoms with Gasteiger partial charge in [-0.15, -0.1) is 0 Å². The van der Waals surface area contributed by atoms with Crippen LogP contribution >= 0.6 is 0 Å². The zero-order chi connectivity index (χ0) is 23.6. The Hall–Kier alpha value is -3.35. The average molecular weight is 451 g/mol. The van der Waals surface area contributed by atoms with Gasteiger partial charge >= 0.3 is 12.1 Å². The van der Waals surface area contributed by atoms with Crippen LogP contribution in [0.2, 0.25) is 0 Å². The number of carbonyl (C=O) groups is 3. The molecule has 0 saturated heterocycles. The third-order valence-corrected chi connectivity index (χ3v) is 6.94. The molecule has 2 aromatic rings. The zero-order valence-electron chi connectivity index (χ0n) is 19.0. The summed E-state index contributed by atoms with van der Waals surface area (Å²) in [4.78, 5) is 36.7. The van der Waals surface area contributed by atoms with Gasteiger partial charge in [-0.25, -0.2) is 4.79 Å². The van der Waals surface area contributed by atoms with E-state index < -0.39 is 23.0 Å². The summed E-state index contributed by atoms with van der Waals surface area (Å²) < 4.78 is 5.60. The van der Waals surface area contributed by atoms with Gasteiger partial charge in [-0.3, -0.25) is 9.59 Å². The van der Waals surface area contributed by atoms with E-state index in [0.29, 0.717) is 19.3 Å². The molecule has 1 saturated carbocycles. The highest BCUT2D eigenvalue weighted by Crippen LogP contribution is 2.44. The van der Waals surface area contributed by atoms with Crippen LogP contribution in [0.15, 0.2) is 48.5 Å². The first kappa shape index (κ1) is 22.8. The molecule has 0 aliphatic heterocycles. The Balaban J connectivity index is 1.35. The Morgan fingerprint density at radius 2 is 1.61 bits per heavy atom. The molecule has 2 aliphatic rings. The van der Waals surface area contributed by atoms with E-state index in [1.807, 2.05) is 24.3 Å². The maximum absolute atomic E-state index is 12.8. The average Bonchev–Trinajstić information content (AvgIpc) is 3.08. The van der Waals surface area contributed by atoms with E-state index in [2.05, 4.69) is 34.9 Å². The molecule has 0 unspecified atom stereocenters. The number of ether oxygens (including phenoxy) is 1. The van der Waals surface area contributed by atoms with Crippen molar-refractivity contribution in [3.63, 3.8) is 0 Å². The third kappa shape index (κ3) is 4.45. The number of fused-ring (bicyclic) bond motifs is 3. The quantitative estimate of drug-likeness (QED) is 0.562. The van der Waals surface area contributed by atoms with Crippen LogP contribution < -0.4 is 10.6 Å². The molecule has 1 fully saturated rings. The molecule has 0 spiro atoms. The molecule has 0 bridgehead atoms. The van der Waals surface area contributed by atoms with E-state index in [9.17, 15) is 19.5 Å². The van der Waals surface area contributed by atoms with E-state index in [4.69, 9.17) is 4.74 Å². The summed E-state index contributed by atoms with van der Waals surface area (Å²) >= 11 is 0. The van der Waals surface area contributed by atoms with Crippen LogP contribution in [0.1, 0.15) is 56.6 Å². The van der Waals surface area contributed by atoms with Crippen molar-refractivity contribution in [2.75, 3.05) is 13.2 Å². The van der Waals surface area contributed by atoms with Gasteiger partial charge in [0.05, 0.1) is 5.41 Å². The Morgan fingerprint density at radius 3 is 2.12 bits per heavy atom. The topological polar surface area (TPSA) is 105 Å². The third-order valence-electron chi connectivity index (χ3n) is 6.94. The van der Waals surface area contributed by atoms with E-state index in [-0.39, 0.29) is 25.0 Å². The fraction of sp³-hybridized carbons (Fsp3) is 0.423. The number of hydrogen-bond donors (Lipinski definition) is 3. The van der Waals surface area contributed by atoms with E-state index in [1.54, 1.807) is 13.8 Å². The van der Waals surface area contributed by atoms with Crippen LogP contribution in [-0.2, 0) is 14.3 Å². The Kier molecular flexibility index (Phi) is 6.15. The number of nitrogens with one attached hydrogen (secondary N) is 2. The molecule has 7 heteroatoms. The minimum absolute atomic E-state index is 0.0485. The number of alkyl carbamates (subject to hydrolysis) is 1. The summed E-state index contributed by atoms with van der Waals surface area (Å²) in [7, 11) is 0. The first-order chi connectivity index (χ1) is 15.7. The molecule has 33 heavy (non-hydrogen) atoms. The van der Waals surface area contributed by atoms with Gasteiger partial charge in [-0.1, -0.05) is 48.5 Å². The van der Waals surface area contributed by atoms with Gasteiger partial charge in [0.15, 0.2) is 0 Å². The standard InChI is InChI=1S/C26H30N2O5/c1-25(2,23(30)31)14-15-27-22(29)26(12-7-13-26)28-24(32)33-16-21-19-10-5-3-8-17(19)18-9-4-6-11-20(18)21/h3-6,8-11,21H,7,12-16H2,1-2H3,(H,27,29)(H,28,32)(H,30,31). The summed E-state index contributed by atoms with van der Waals surface area (Å²) in [5.74, 6) is -1.25. The first-order valence-corrected chi connectivity index (χ1v) is 11.4. The fourth-order valence-corrected chi connectivity index (χ4v) is 4.53. The summed E-state index contributed by atoms with van der Waals surface area (Å²) in [5, 5.41) is 14.8. The number of carboxylic acids is 1. The number of rotatable bonds is 8. The second kappa shape index (κ2) is 8.89. The monoisotopic (exact) mass is 450 g/mol. The molecule has 2 amide bonds. The molecule has 0 heterocycles. The predicted molar refractivity (Wildman–Crippen MR) is 124 cm³/mol. The van der Waals surface area contributed by atoms with Crippen LogP contribution in [0.5, 0.6) is 0 Å². The molecular weight excluding hydrogens is 420 g/mol. The van der Waals surface area contributed by atoms with Gasteiger partial charge in [-0.2, -0.15) is 0 Å². The highest BCUT2D eigenvalue weighted by Gasteiger charge is 2.46. The Labute approximate surface area is 193 Å². The predicted octanol–water partition coefficient (Wildman–Crippen LogP) is 4.06. The SMILES string of the molecule is CC(C)(CCNC(=O)C1(NC(=O)OCC2c3ccccc3-c3ccccc32)CCC1)C(=O)O. The molecule has 2 aromatic carbocycles. The highest BCUT2D eigenvalue weighted by molar-refractivity contribution is 5.91. The van der Waals surface area contributed by atoms with Crippen molar-refractivity contribution < 1.29 is 24.2 Å². The van der Waals surface area contributed by atoms with Crippen LogP contribution in [0, 0.1) is 5.41 Å². The maximum atomic E-state index is 12.8. The number of hydrogen-bond acceptors (Lipinski definition) is 4. The van der Waals surface area contributed by atoms with Crippen LogP contribution in [-0.4, -0.2) is 41.8 Å². The van der Waals surface area contributed by atoms with Crippen molar-refractivity contribution in [2.24, 2.45) is 5.41 Å². The molecule has 2 aliphatic carbocycles. The van der Waals surface area contributed by atoms with Crippen molar-refractivity contribution >= 4 is 18.0 Å². The highest BCUT2D eigenvalue weighted by atomic mass is 16.5.